The van der Waals surface area contributed by atoms with E-state index in [1.165, 1.54) is 0 Å². The van der Waals surface area contributed by atoms with Crippen molar-refractivity contribution in [2.45, 2.75) is 44.6 Å². The monoisotopic (exact) mass is 218 g/mol. The SMILES string of the molecule is CCOC(=O)CC1(C)OC(C)CCS1. The lowest BCUT2D eigenvalue weighted by molar-refractivity contribution is -0.148. The van der Waals surface area contributed by atoms with Gasteiger partial charge < -0.3 is 9.47 Å². The third-order valence-corrected chi connectivity index (χ3v) is 3.44. The minimum absolute atomic E-state index is 0.170. The number of carbonyl (C=O) groups excluding carboxylic acids is 1. The molecule has 0 aromatic heterocycles. The van der Waals surface area contributed by atoms with E-state index >= 15 is 0 Å². The fourth-order valence-electron chi connectivity index (χ4n) is 1.53. The number of rotatable bonds is 3. The first-order valence-corrected chi connectivity index (χ1v) is 6.01. The highest BCUT2D eigenvalue weighted by molar-refractivity contribution is 8.00. The molecule has 82 valence electrons. The van der Waals surface area contributed by atoms with Gasteiger partial charge in [0.1, 0.15) is 4.93 Å². The molecule has 0 aromatic rings. The van der Waals surface area contributed by atoms with Crippen LogP contribution in [0, 0.1) is 0 Å². The van der Waals surface area contributed by atoms with E-state index in [2.05, 4.69) is 0 Å². The van der Waals surface area contributed by atoms with E-state index in [0.717, 1.165) is 12.2 Å². The van der Waals surface area contributed by atoms with Crippen LogP contribution >= 0.6 is 11.8 Å². The second kappa shape index (κ2) is 5.03. The lowest BCUT2D eigenvalue weighted by Gasteiger charge is -2.36. The summed E-state index contributed by atoms with van der Waals surface area (Å²) in [6, 6.07) is 0. The lowest BCUT2D eigenvalue weighted by atomic mass is 10.2. The Morgan fingerprint density at radius 1 is 1.71 bits per heavy atom. The van der Waals surface area contributed by atoms with Crippen LogP contribution in [0.4, 0.5) is 0 Å². The van der Waals surface area contributed by atoms with E-state index in [-0.39, 0.29) is 17.0 Å². The highest BCUT2D eigenvalue weighted by atomic mass is 32.2. The van der Waals surface area contributed by atoms with Gasteiger partial charge in [0.05, 0.1) is 19.1 Å². The van der Waals surface area contributed by atoms with E-state index in [1.54, 1.807) is 11.8 Å². The summed E-state index contributed by atoms with van der Waals surface area (Å²) < 4.78 is 10.7. The fourth-order valence-corrected chi connectivity index (χ4v) is 2.86. The van der Waals surface area contributed by atoms with Crippen LogP contribution in [-0.2, 0) is 14.3 Å². The third-order valence-electron chi connectivity index (χ3n) is 2.15. The smallest absolute Gasteiger partial charge is 0.309 e. The fraction of sp³-hybridized carbons (Fsp3) is 0.900. The van der Waals surface area contributed by atoms with E-state index in [9.17, 15) is 4.79 Å². The quantitative estimate of drug-likeness (QED) is 0.680. The van der Waals surface area contributed by atoms with Gasteiger partial charge in [-0.1, -0.05) is 0 Å². The predicted octanol–water partition coefficient (Wildman–Crippen LogP) is 2.20. The average Bonchev–Trinajstić information content (AvgIpc) is 2.02. The van der Waals surface area contributed by atoms with Crippen LogP contribution in [0.5, 0.6) is 0 Å². The second-order valence-corrected chi connectivity index (χ2v) is 5.24. The first-order chi connectivity index (χ1) is 6.56. The van der Waals surface area contributed by atoms with Crippen molar-refractivity contribution < 1.29 is 14.3 Å². The number of hydrogen-bond acceptors (Lipinski definition) is 4. The van der Waals surface area contributed by atoms with E-state index < -0.39 is 0 Å². The van der Waals surface area contributed by atoms with Crippen LogP contribution in [0.1, 0.15) is 33.6 Å². The summed E-state index contributed by atoms with van der Waals surface area (Å²) in [6.07, 6.45) is 1.65. The van der Waals surface area contributed by atoms with Gasteiger partial charge in [-0.3, -0.25) is 4.79 Å². The zero-order chi connectivity index (χ0) is 10.6. The minimum Gasteiger partial charge on any atom is -0.466 e. The Bertz CT molecular complexity index is 208. The topological polar surface area (TPSA) is 35.5 Å². The Morgan fingerprint density at radius 3 is 3.00 bits per heavy atom. The molecule has 1 aliphatic rings. The summed E-state index contributed by atoms with van der Waals surface area (Å²) >= 11 is 1.70. The molecule has 3 nitrogen and oxygen atoms in total. The Hall–Kier alpha value is -0.220. The molecular formula is C10H18O3S. The largest absolute Gasteiger partial charge is 0.466 e. The first kappa shape index (κ1) is 11.9. The molecule has 4 heteroatoms. The molecule has 2 unspecified atom stereocenters. The van der Waals surface area contributed by atoms with E-state index in [4.69, 9.17) is 9.47 Å². The molecule has 0 radical (unpaired) electrons. The van der Waals surface area contributed by atoms with E-state index in [0.29, 0.717) is 13.0 Å². The summed E-state index contributed by atoms with van der Waals surface area (Å²) in [4.78, 5) is 10.9. The van der Waals surface area contributed by atoms with Crippen molar-refractivity contribution in [2.75, 3.05) is 12.4 Å². The van der Waals surface area contributed by atoms with Crippen LogP contribution in [0.25, 0.3) is 0 Å². The highest BCUT2D eigenvalue weighted by Crippen LogP contribution is 2.37. The lowest BCUT2D eigenvalue weighted by Crippen LogP contribution is -2.36. The number of thioether (sulfide) groups is 1. The second-order valence-electron chi connectivity index (χ2n) is 3.68. The normalized spacial score (nSPS) is 32.6. The molecule has 0 saturated carbocycles. The van der Waals surface area contributed by atoms with Crippen molar-refractivity contribution in [3.63, 3.8) is 0 Å². The summed E-state index contributed by atoms with van der Waals surface area (Å²) in [5.74, 6) is 0.883. The summed E-state index contributed by atoms with van der Waals surface area (Å²) in [7, 11) is 0. The van der Waals surface area contributed by atoms with Crippen LogP contribution in [-0.4, -0.2) is 29.4 Å². The maximum Gasteiger partial charge on any atom is 0.309 e. The number of carbonyl (C=O) groups is 1. The van der Waals surface area contributed by atoms with Gasteiger partial charge >= 0.3 is 5.97 Å². The Labute approximate surface area is 89.5 Å². The molecule has 2 atom stereocenters. The summed E-state index contributed by atoms with van der Waals surface area (Å²) in [5.41, 5.74) is 0. The van der Waals surface area contributed by atoms with Crippen LogP contribution in [0.3, 0.4) is 0 Å². The molecule has 1 rings (SSSR count). The molecule has 0 aliphatic carbocycles. The number of ether oxygens (including phenoxy) is 2. The van der Waals surface area contributed by atoms with Crippen LogP contribution in [0.2, 0.25) is 0 Å². The molecule has 0 aromatic carbocycles. The van der Waals surface area contributed by atoms with E-state index in [1.807, 2.05) is 20.8 Å². The summed E-state index contributed by atoms with van der Waals surface area (Å²) in [6.45, 7) is 6.26. The maximum absolute atomic E-state index is 11.3. The standard InChI is InChI=1S/C10H18O3S/c1-4-12-9(11)7-10(3)13-8(2)5-6-14-10/h8H,4-7H2,1-3H3. The summed E-state index contributed by atoms with van der Waals surface area (Å²) in [5, 5.41) is 0. The minimum atomic E-state index is -0.385. The molecule has 0 amide bonds. The zero-order valence-electron chi connectivity index (χ0n) is 9.04. The molecule has 0 N–H and O–H groups in total. The molecule has 14 heavy (non-hydrogen) atoms. The van der Waals surface area contributed by atoms with Gasteiger partial charge in [-0.15, -0.1) is 11.8 Å². The number of hydrogen-bond donors (Lipinski definition) is 0. The van der Waals surface area contributed by atoms with Crippen LogP contribution in [0.15, 0.2) is 0 Å². The Morgan fingerprint density at radius 2 is 2.43 bits per heavy atom. The first-order valence-electron chi connectivity index (χ1n) is 5.03. The Kier molecular flexibility index (Phi) is 4.26. The predicted molar refractivity (Wildman–Crippen MR) is 57.3 cm³/mol. The van der Waals surface area contributed by atoms with Crippen molar-refractivity contribution >= 4 is 17.7 Å². The highest BCUT2D eigenvalue weighted by Gasteiger charge is 2.34. The molecule has 0 spiro atoms. The molecule has 0 bridgehead atoms. The zero-order valence-corrected chi connectivity index (χ0v) is 9.86. The van der Waals surface area contributed by atoms with Gasteiger partial charge in [0.15, 0.2) is 0 Å². The van der Waals surface area contributed by atoms with Crippen molar-refractivity contribution in [2.24, 2.45) is 0 Å². The molecule has 1 aliphatic heterocycles. The molecule has 1 saturated heterocycles. The van der Waals surface area contributed by atoms with Gasteiger partial charge in [0, 0.05) is 0 Å². The van der Waals surface area contributed by atoms with Crippen molar-refractivity contribution in [1.82, 2.24) is 0 Å². The molecular weight excluding hydrogens is 200 g/mol. The molecule has 1 fully saturated rings. The average molecular weight is 218 g/mol. The number of esters is 1. The van der Waals surface area contributed by atoms with Gasteiger partial charge in [-0.2, -0.15) is 0 Å². The van der Waals surface area contributed by atoms with Crippen molar-refractivity contribution in [3.05, 3.63) is 0 Å². The Balaban J connectivity index is 2.43. The third kappa shape index (κ3) is 3.50. The van der Waals surface area contributed by atoms with Gasteiger partial charge in [0.2, 0.25) is 0 Å². The molecule has 1 heterocycles. The van der Waals surface area contributed by atoms with Gasteiger partial charge in [0.25, 0.3) is 0 Å². The van der Waals surface area contributed by atoms with Gasteiger partial charge in [-0.25, -0.2) is 0 Å². The van der Waals surface area contributed by atoms with Crippen molar-refractivity contribution in [1.29, 1.82) is 0 Å². The van der Waals surface area contributed by atoms with Crippen LogP contribution < -0.4 is 0 Å². The van der Waals surface area contributed by atoms with Crippen molar-refractivity contribution in [3.8, 4) is 0 Å². The van der Waals surface area contributed by atoms with Gasteiger partial charge in [-0.05, 0) is 32.9 Å². The maximum atomic E-state index is 11.3.